The van der Waals surface area contributed by atoms with Gasteiger partial charge in [0.15, 0.2) is 17.3 Å². The predicted molar refractivity (Wildman–Crippen MR) is 89.7 cm³/mol. The second kappa shape index (κ2) is 7.44. The Morgan fingerprint density at radius 2 is 2.00 bits per heavy atom. The first kappa shape index (κ1) is 16.4. The second-order valence-electron chi connectivity index (χ2n) is 5.44. The number of carbonyl (C=O) groups is 2. The normalized spacial score (nSPS) is 12.7. The van der Waals surface area contributed by atoms with Crippen LogP contribution in [-0.4, -0.2) is 29.9 Å². The van der Waals surface area contributed by atoms with Crippen molar-refractivity contribution < 1.29 is 19.1 Å². The summed E-state index contributed by atoms with van der Waals surface area (Å²) in [5.41, 5.74) is 1.47. The summed E-state index contributed by atoms with van der Waals surface area (Å²) in [5, 5.41) is 5.58. The monoisotopic (exact) mass is 346 g/mol. The van der Waals surface area contributed by atoms with E-state index in [2.05, 4.69) is 10.3 Å². The molecular formula is C17H18N2O4S. The van der Waals surface area contributed by atoms with Crippen molar-refractivity contribution in [3.05, 3.63) is 39.8 Å². The van der Waals surface area contributed by atoms with Gasteiger partial charge in [-0.3, -0.25) is 9.59 Å². The van der Waals surface area contributed by atoms with Crippen LogP contribution in [-0.2, 0) is 11.3 Å². The van der Waals surface area contributed by atoms with Crippen LogP contribution < -0.4 is 14.8 Å². The van der Waals surface area contributed by atoms with Gasteiger partial charge in [0.05, 0.1) is 6.54 Å². The maximum Gasteiger partial charge on any atom is 0.220 e. The van der Waals surface area contributed by atoms with Crippen molar-refractivity contribution in [1.82, 2.24) is 10.3 Å². The Bertz CT molecular complexity index is 757. The largest absolute Gasteiger partial charge is 0.486 e. The van der Waals surface area contributed by atoms with Gasteiger partial charge in [-0.25, -0.2) is 4.98 Å². The molecule has 1 amide bonds. The molecule has 1 aromatic heterocycles. The molecule has 24 heavy (non-hydrogen) atoms. The number of hydrogen-bond donors (Lipinski definition) is 1. The summed E-state index contributed by atoms with van der Waals surface area (Å²) in [6.45, 7) is 3.30. The summed E-state index contributed by atoms with van der Waals surface area (Å²) < 4.78 is 10.9. The highest BCUT2D eigenvalue weighted by atomic mass is 32.1. The van der Waals surface area contributed by atoms with Crippen molar-refractivity contribution >= 4 is 23.0 Å². The zero-order chi connectivity index (χ0) is 16.9. The molecule has 6 nitrogen and oxygen atoms in total. The Labute approximate surface area is 143 Å². The second-order valence-corrected chi connectivity index (χ2v) is 6.38. The summed E-state index contributed by atoms with van der Waals surface area (Å²) in [6, 6.07) is 5.10. The molecule has 1 aromatic carbocycles. The summed E-state index contributed by atoms with van der Waals surface area (Å²) in [4.78, 5) is 28.4. The molecule has 0 saturated carbocycles. The van der Waals surface area contributed by atoms with Crippen LogP contribution in [0, 0.1) is 6.92 Å². The standard InChI is InChI=1S/C17H18N2O4S/c1-11-10-24-17(19-11)9-18-16(21)5-3-13(20)12-2-4-14-15(8-12)23-7-6-22-14/h2,4,8,10H,3,5-7,9H2,1H3,(H,18,21). The molecule has 1 aliphatic heterocycles. The molecule has 1 N–H and O–H groups in total. The molecule has 2 heterocycles. The molecule has 0 radical (unpaired) electrons. The Kier molecular flexibility index (Phi) is 5.10. The Morgan fingerprint density at radius 3 is 2.75 bits per heavy atom. The minimum absolute atomic E-state index is 0.0905. The zero-order valence-electron chi connectivity index (χ0n) is 13.3. The average Bonchev–Trinajstić information content (AvgIpc) is 3.02. The van der Waals surface area contributed by atoms with Crippen LogP contribution in [0.2, 0.25) is 0 Å². The van der Waals surface area contributed by atoms with E-state index >= 15 is 0 Å². The molecule has 0 aliphatic carbocycles. The number of aryl methyl sites for hydroxylation is 1. The lowest BCUT2D eigenvalue weighted by molar-refractivity contribution is -0.121. The van der Waals surface area contributed by atoms with Gasteiger partial charge in [-0.05, 0) is 25.1 Å². The first-order valence-electron chi connectivity index (χ1n) is 7.72. The quantitative estimate of drug-likeness (QED) is 0.813. The van der Waals surface area contributed by atoms with Crippen molar-refractivity contribution in [2.24, 2.45) is 0 Å². The lowest BCUT2D eigenvalue weighted by Gasteiger charge is -2.18. The first-order valence-corrected chi connectivity index (χ1v) is 8.60. The number of ketones is 1. The molecule has 0 unspecified atom stereocenters. The van der Waals surface area contributed by atoms with Gasteiger partial charge in [-0.15, -0.1) is 11.3 Å². The number of Topliss-reactive ketones (excluding diaryl/α,β-unsaturated/α-hetero) is 1. The van der Waals surface area contributed by atoms with Crippen LogP contribution in [0.25, 0.3) is 0 Å². The van der Waals surface area contributed by atoms with Crippen LogP contribution in [0.15, 0.2) is 23.6 Å². The number of amides is 1. The maximum absolute atomic E-state index is 12.2. The molecule has 1 aliphatic rings. The highest BCUT2D eigenvalue weighted by molar-refractivity contribution is 7.09. The molecule has 3 rings (SSSR count). The molecule has 0 saturated heterocycles. The van der Waals surface area contributed by atoms with E-state index in [1.54, 1.807) is 18.2 Å². The minimum Gasteiger partial charge on any atom is -0.486 e. The predicted octanol–water partition coefficient (Wildman–Crippen LogP) is 2.50. The fourth-order valence-corrected chi connectivity index (χ4v) is 3.05. The van der Waals surface area contributed by atoms with Crippen molar-refractivity contribution in [2.75, 3.05) is 13.2 Å². The fraction of sp³-hybridized carbons (Fsp3) is 0.353. The molecule has 0 bridgehead atoms. The van der Waals surface area contributed by atoms with E-state index in [9.17, 15) is 9.59 Å². The van der Waals surface area contributed by atoms with Crippen LogP contribution in [0.3, 0.4) is 0 Å². The van der Waals surface area contributed by atoms with E-state index in [0.717, 1.165) is 10.7 Å². The van der Waals surface area contributed by atoms with Crippen LogP contribution in [0.1, 0.15) is 33.9 Å². The molecule has 126 valence electrons. The number of fused-ring (bicyclic) bond motifs is 1. The van der Waals surface area contributed by atoms with Crippen LogP contribution >= 0.6 is 11.3 Å². The van der Waals surface area contributed by atoms with Gasteiger partial charge in [-0.1, -0.05) is 0 Å². The summed E-state index contributed by atoms with van der Waals surface area (Å²) in [7, 11) is 0. The highest BCUT2D eigenvalue weighted by Crippen LogP contribution is 2.31. The molecule has 2 aromatic rings. The SMILES string of the molecule is Cc1csc(CNC(=O)CCC(=O)c2ccc3c(c2)OCCO3)n1. The third kappa shape index (κ3) is 4.11. The van der Waals surface area contributed by atoms with Crippen molar-refractivity contribution in [3.63, 3.8) is 0 Å². The third-order valence-electron chi connectivity index (χ3n) is 3.55. The number of ether oxygens (including phenoxy) is 2. The number of thiazole rings is 1. The van der Waals surface area contributed by atoms with E-state index in [-0.39, 0.29) is 24.5 Å². The summed E-state index contributed by atoms with van der Waals surface area (Å²) in [5.74, 6) is 0.978. The number of benzene rings is 1. The Balaban J connectivity index is 1.49. The van der Waals surface area contributed by atoms with Gasteiger partial charge in [-0.2, -0.15) is 0 Å². The molecular weight excluding hydrogens is 328 g/mol. The first-order chi connectivity index (χ1) is 11.6. The lowest BCUT2D eigenvalue weighted by atomic mass is 10.1. The lowest BCUT2D eigenvalue weighted by Crippen LogP contribution is -2.23. The Morgan fingerprint density at radius 1 is 1.21 bits per heavy atom. The minimum atomic E-state index is -0.159. The smallest absolute Gasteiger partial charge is 0.220 e. The van der Waals surface area contributed by atoms with Gasteiger partial charge >= 0.3 is 0 Å². The molecule has 0 fully saturated rings. The van der Waals surface area contributed by atoms with E-state index in [1.165, 1.54) is 11.3 Å². The van der Waals surface area contributed by atoms with Gasteiger partial charge in [0.25, 0.3) is 0 Å². The number of rotatable bonds is 6. The Hall–Kier alpha value is -2.41. The maximum atomic E-state index is 12.2. The van der Waals surface area contributed by atoms with Crippen LogP contribution in [0.5, 0.6) is 11.5 Å². The van der Waals surface area contributed by atoms with Gasteiger partial charge in [0.1, 0.15) is 18.2 Å². The van der Waals surface area contributed by atoms with Crippen molar-refractivity contribution in [2.45, 2.75) is 26.3 Å². The van der Waals surface area contributed by atoms with Gasteiger partial charge in [0, 0.05) is 29.5 Å². The summed E-state index contributed by atoms with van der Waals surface area (Å²) in [6.07, 6.45) is 0.306. The van der Waals surface area contributed by atoms with Gasteiger partial charge in [0.2, 0.25) is 5.91 Å². The van der Waals surface area contributed by atoms with Crippen molar-refractivity contribution in [3.8, 4) is 11.5 Å². The molecule has 7 heteroatoms. The van der Waals surface area contributed by atoms with E-state index < -0.39 is 0 Å². The van der Waals surface area contributed by atoms with E-state index in [1.807, 2.05) is 12.3 Å². The van der Waals surface area contributed by atoms with Gasteiger partial charge < -0.3 is 14.8 Å². The number of aromatic nitrogens is 1. The van der Waals surface area contributed by atoms with Crippen LogP contribution in [0.4, 0.5) is 0 Å². The number of carbonyl (C=O) groups excluding carboxylic acids is 2. The number of hydrogen-bond acceptors (Lipinski definition) is 6. The zero-order valence-corrected chi connectivity index (χ0v) is 14.1. The molecule has 0 spiro atoms. The summed E-state index contributed by atoms with van der Waals surface area (Å²) >= 11 is 1.51. The van der Waals surface area contributed by atoms with E-state index in [0.29, 0.717) is 36.8 Å². The number of nitrogens with one attached hydrogen (secondary N) is 1. The third-order valence-corrected chi connectivity index (χ3v) is 4.51. The number of nitrogens with zero attached hydrogens (tertiary/aromatic N) is 1. The fourth-order valence-electron chi connectivity index (χ4n) is 2.33. The topological polar surface area (TPSA) is 77.5 Å². The molecule has 0 atom stereocenters. The van der Waals surface area contributed by atoms with Crippen molar-refractivity contribution in [1.29, 1.82) is 0 Å². The average molecular weight is 346 g/mol. The highest BCUT2D eigenvalue weighted by Gasteiger charge is 2.15. The van der Waals surface area contributed by atoms with E-state index in [4.69, 9.17) is 9.47 Å².